The summed E-state index contributed by atoms with van der Waals surface area (Å²) < 4.78 is 16.9. The van der Waals surface area contributed by atoms with E-state index < -0.39 is 0 Å². The number of methoxy groups -OCH3 is 1. The van der Waals surface area contributed by atoms with Gasteiger partial charge in [-0.1, -0.05) is 12.1 Å². The number of aliphatic imine (C=N–C) groups is 1. The van der Waals surface area contributed by atoms with E-state index in [0.29, 0.717) is 13.2 Å². The van der Waals surface area contributed by atoms with Gasteiger partial charge < -0.3 is 29.7 Å². The number of benzene rings is 1. The Bertz CT molecular complexity index is 618. The SMILES string of the molecule is CN=C(NCCCN(C)CCOC)NCc1ccc(C)cc1OCC1CCCO1. The molecule has 0 spiro atoms. The molecule has 1 atom stereocenters. The van der Waals surface area contributed by atoms with Crippen LogP contribution in [0, 0.1) is 6.92 Å². The molecule has 1 fully saturated rings. The first kappa shape index (κ1) is 23.4. The molecule has 1 aliphatic rings. The van der Waals surface area contributed by atoms with Crippen LogP contribution in [-0.4, -0.2) is 77.6 Å². The molecule has 29 heavy (non-hydrogen) atoms. The zero-order chi connectivity index (χ0) is 20.9. The van der Waals surface area contributed by atoms with Crippen LogP contribution in [0.25, 0.3) is 0 Å². The van der Waals surface area contributed by atoms with Gasteiger partial charge in [0, 0.05) is 46.0 Å². The summed E-state index contributed by atoms with van der Waals surface area (Å²) >= 11 is 0. The molecule has 164 valence electrons. The standard InChI is InChI=1S/C22H38N4O3/c1-18-8-9-19(21(15-18)29-17-20-7-5-13-28-20)16-25-22(23-2)24-10-6-11-26(3)12-14-27-4/h8-9,15,20H,5-7,10-14,16-17H2,1-4H3,(H2,23,24,25). The monoisotopic (exact) mass is 406 g/mol. The minimum atomic E-state index is 0.216. The Morgan fingerprint density at radius 3 is 2.90 bits per heavy atom. The molecule has 1 aromatic carbocycles. The normalized spacial score (nSPS) is 17.0. The molecular weight excluding hydrogens is 368 g/mol. The van der Waals surface area contributed by atoms with E-state index in [1.54, 1.807) is 14.2 Å². The lowest BCUT2D eigenvalue weighted by Gasteiger charge is -2.18. The van der Waals surface area contributed by atoms with Gasteiger partial charge in [0.15, 0.2) is 5.96 Å². The number of hydrogen-bond acceptors (Lipinski definition) is 5. The van der Waals surface area contributed by atoms with Crippen molar-refractivity contribution in [2.45, 2.75) is 38.8 Å². The molecule has 0 bridgehead atoms. The lowest BCUT2D eigenvalue weighted by molar-refractivity contribution is 0.0676. The van der Waals surface area contributed by atoms with Gasteiger partial charge in [-0.3, -0.25) is 4.99 Å². The average molecular weight is 407 g/mol. The highest BCUT2D eigenvalue weighted by atomic mass is 16.5. The van der Waals surface area contributed by atoms with Gasteiger partial charge in [0.05, 0.1) is 12.7 Å². The highest BCUT2D eigenvalue weighted by Crippen LogP contribution is 2.22. The lowest BCUT2D eigenvalue weighted by Crippen LogP contribution is -2.38. The predicted octanol–water partition coefficient (Wildman–Crippen LogP) is 2.19. The Labute approximate surface area is 175 Å². The van der Waals surface area contributed by atoms with Crippen LogP contribution in [0.1, 0.15) is 30.4 Å². The fourth-order valence-electron chi connectivity index (χ4n) is 3.21. The van der Waals surface area contributed by atoms with Crippen molar-refractivity contribution in [3.05, 3.63) is 29.3 Å². The molecule has 0 saturated carbocycles. The molecule has 1 saturated heterocycles. The Hall–Kier alpha value is -1.83. The van der Waals surface area contributed by atoms with Crippen LogP contribution in [0.5, 0.6) is 5.75 Å². The van der Waals surface area contributed by atoms with Crippen molar-refractivity contribution in [1.82, 2.24) is 15.5 Å². The summed E-state index contributed by atoms with van der Waals surface area (Å²) in [5, 5.41) is 6.77. The molecule has 0 amide bonds. The van der Waals surface area contributed by atoms with Gasteiger partial charge >= 0.3 is 0 Å². The van der Waals surface area contributed by atoms with Crippen LogP contribution in [0.4, 0.5) is 0 Å². The van der Waals surface area contributed by atoms with Crippen molar-refractivity contribution in [2.75, 3.05) is 60.7 Å². The van der Waals surface area contributed by atoms with E-state index in [1.807, 2.05) is 0 Å². The van der Waals surface area contributed by atoms with Gasteiger partial charge in [0.2, 0.25) is 0 Å². The van der Waals surface area contributed by atoms with Crippen LogP contribution >= 0.6 is 0 Å². The van der Waals surface area contributed by atoms with Gasteiger partial charge in [-0.15, -0.1) is 0 Å². The molecule has 1 aliphatic heterocycles. The Morgan fingerprint density at radius 2 is 2.17 bits per heavy atom. The smallest absolute Gasteiger partial charge is 0.191 e. The van der Waals surface area contributed by atoms with Crippen molar-refractivity contribution in [2.24, 2.45) is 4.99 Å². The summed E-state index contributed by atoms with van der Waals surface area (Å²) in [6.45, 7) is 7.81. The number of nitrogens with zero attached hydrogens (tertiary/aromatic N) is 2. The maximum atomic E-state index is 6.08. The molecule has 7 nitrogen and oxygen atoms in total. The van der Waals surface area contributed by atoms with Crippen molar-refractivity contribution in [1.29, 1.82) is 0 Å². The van der Waals surface area contributed by atoms with Crippen LogP contribution < -0.4 is 15.4 Å². The van der Waals surface area contributed by atoms with Gasteiger partial charge in [0.25, 0.3) is 0 Å². The van der Waals surface area contributed by atoms with E-state index in [9.17, 15) is 0 Å². The predicted molar refractivity (Wildman–Crippen MR) is 118 cm³/mol. The number of nitrogens with one attached hydrogen (secondary N) is 2. The summed E-state index contributed by atoms with van der Waals surface area (Å²) in [6, 6.07) is 6.32. The Balaban J connectivity index is 1.76. The summed E-state index contributed by atoms with van der Waals surface area (Å²) in [7, 11) is 5.64. The third kappa shape index (κ3) is 9.02. The number of likely N-dealkylation sites (N-methyl/N-ethyl adjacent to an activating group) is 1. The summed E-state index contributed by atoms with van der Waals surface area (Å²) in [4.78, 5) is 6.59. The maximum absolute atomic E-state index is 6.08. The fourth-order valence-corrected chi connectivity index (χ4v) is 3.21. The van der Waals surface area contributed by atoms with Gasteiger partial charge in [-0.25, -0.2) is 0 Å². The molecule has 0 radical (unpaired) electrons. The van der Waals surface area contributed by atoms with Gasteiger partial charge in [-0.05, 0) is 51.4 Å². The second kappa shape index (κ2) is 13.4. The van der Waals surface area contributed by atoms with Crippen molar-refractivity contribution >= 4 is 5.96 Å². The van der Waals surface area contributed by atoms with Crippen LogP contribution in [0.3, 0.4) is 0 Å². The highest BCUT2D eigenvalue weighted by molar-refractivity contribution is 5.79. The largest absolute Gasteiger partial charge is 0.491 e. The van der Waals surface area contributed by atoms with Gasteiger partial charge in [-0.2, -0.15) is 0 Å². The van der Waals surface area contributed by atoms with E-state index in [4.69, 9.17) is 14.2 Å². The quantitative estimate of drug-likeness (QED) is 0.315. The van der Waals surface area contributed by atoms with E-state index >= 15 is 0 Å². The number of ether oxygens (including phenoxy) is 3. The van der Waals surface area contributed by atoms with E-state index in [-0.39, 0.29) is 6.10 Å². The zero-order valence-corrected chi connectivity index (χ0v) is 18.5. The van der Waals surface area contributed by atoms with Crippen molar-refractivity contribution in [3.63, 3.8) is 0 Å². The fraction of sp³-hybridized carbons (Fsp3) is 0.682. The summed E-state index contributed by atoms with van der Waals surface area (Å²) in [5.41, 5.74) is 2.31. The van der Waals surface area contributed by atoms with Crippen LogP contribution in [0.2, 0.25) is 0 Å². The van der Waals surface area contributed by atoms with Crippen LogP contribution in [-0.2, 0) is 16.0 Å². The lowest BCUT2D eigenvalue weighted by atomic mass is 10.1. The Kier molecular flexibility index (Phi) is 10.8. The van der Waals surface area contributed by atoms with Gasteiger partial charge in [0.1, 0.15) is 12.4 Å². The number of rotatable bonds is 12. The first-order valence-electron chi connectivity index (χ1n) is 10.6. The third-order valence-electron chi connectivity index (χ3n) is 5.03. The number of aryl methyl sites for hydroxylation is 1. The minimum absolute atomic E-state index is 0.216. The number of hydrogen-bond donors (Lipinski definition) is 2. The molecule has 0 aromatic heterocycles. The molecule has 7 heteroatoms. The molecule has 0 aliphatic carbocycles. The summed E-state index contributed by atoms with van der Waals surface area (Å²) in [5.74, 6) is 1.72. The first-order valence-corrected chi connectivity index (χ1v) is 10.6. The van der Waals surface area contributed by atoms with E-state index in [0.717, 1.165) is 69.4 Å². The second-order valence-electron chi connectivity index (χ2n) is 7.56. The third-order valence-corrected chi connectivity index (χ3v) is 5.03. The maximum Gasteiger partial charge on any atom is 0.191 e. The zero-order valence-electron chi connectivity index (χ0n) is 18.5. The molecule has 2 N–H and O–H groups in total. The molecule has 1 aromatic rings. The molecule has 1 unspecified atom stereocenters. The van der Waals surface area contributed by atoms with E-state index in [1.165, 1.54) is 5.56 Å². The summed E-state index contributed by atoms with van der Waals surface area (Å²) in [6.07, 6.45) is 3.46. The topological polar surface area (TPSA) is 67.4 Å². The second-order valence-corrected chi connectivity index (χ2v) is 7.56. The highest BCUT2D eigenvalue weighted by Gasteiger charge is 2.17. The van der Waals surface area contributed by atoms with Crippen LogP contribution in [0.15, 0.2) is 23.2 Å². The molecular formula is C22H38N4O3. The number of guanidine groups is 1. The molecule has 2 rings (SSSR count). The first-order chi connectivity index (χ1) is 14.1. The van der Waals surface area contributed by atoms with Crippen molar-refractivity contribution in [3.8, 4) is 5.75 Å². The average Bonchev–Trinajstić information content (AvgIpc) is 3.24. The van der Waals surface area contributed by atoms with E-state index in [2.05, 4.69) is 52.7 Å². The minimum Gasteiger partial charge on any atom is -0.491 e. The van der Waals surface area contributed by atoms with Crippen molar-refractivity contribution < 1.29 is 14.2 Å². The Morgan fingerprint density at radius 1 is 1.31 bits per heavy atom. The molecule has 1 heterocycles.